The quantitative estimate of drug-likeness (QED) is 0.553. The lowest BCUT2D eigenvalue weighted by atomic mass is 10.1. The highest BCUT2D eigenvalue weighted by atomic mass is 16.2. The largest absolute Gasteiger partial charge is 0.348 e. The molecule has 9 heteroatoms. The van der Waals surface area contributed by atoms with Crippen LogP contribution >= 0.6 is 0 Å². The minimum Gasteiger partial charge on any atom is -0.348 e. The molecule has 0 bridgehead atoms. The zero-order valence-electron chi connectivity index (χ0n) is 17.1. The maximum atomic E-state index is 12.6. The van der Waals surface area contributed by atoms with E-state index in [1.165, 1.54) is 23.0 Å². The fourth-order valence-corrected chi connectivity index (χ4v) is 2.81. The van der Waals surface area contributed by atoms with Gasteiger partial charge in [-0.2, -0.15) is 10.2 Å². The number of aromatic nitrogens is 4. The third-order valence-electron chi connectivity index (χ3n) is 4.84. The molecule has 0 saturated carbocycles. The van der Waals surface area contributed by atoms with Crippen LogP contribution in [0.1, 0.15) is 41.9 Å². The van der Waals surface area contributed by atoms with Gasteiger partial charge in [-0.15, -0.1) is 0 Å². The summed E-state index contributed by atoms with van der Waals surface area (Å²) in [5.74, 6) is 0.0375. The number of benzene rings is 1. The molecule has 1 unspecified atom stereocenters. The molecule has 9 nitrogen and oxygen atoms in total. The van der Waals surface area contributed by atoms with Crippen LogP contribution in [0.4, 0.5) is 5.69 Å². The van der Waals surface area contributed by atoms with Gasteiger partial charge >= 0.3 is 0 Å². The van der Waals surface area contributed by atoms with Gasteiger partial charge in [0, 0.05) is 24.2 Å². The summed E-state index contributed by atoms with van der Waals surface area (Å²) in [6, 6.07) is 10.2. The third-order valence-corrected chi connectivity index (χ3v) is 4.84. The number of carbonyl (C=O) groups excluding carboxylic acids is 2. The fraction of sp³-hybridized carbons (Fsp3) is 0.286. The second-order valence-corrected chi connectivity index (χ2v) is 7.02. The first-order chi connectivity index (χ1) is 14.4. The van der Waals surface area contributed by atoms with Crippen LogP contribution in [0.3, 0.4) is 0 Å². The average molecular weight is 408 g/mol. The zero-order valence-corrected chi connectivity index (χ0v) is 17.1. The molecule has 156 valence electrons. The SMILES string of the molecule is CCC(C)C(=O)Nc1cccc(CNC(=O)c2cnn(-c3ccc(=O)[nH]n3)c2C)c1. The Bertz CT molecular complexity index is 1100. The van der Waals surface area contributed by atoms with Crippen molar-refractivity contribution in [2.24, 2.45) is 5.92 Å². The number of anilines is 1. The van der Waals surface area contributed by atoms with E-state index in [1.807, 2.05) is 38.1 Å². The lowest BCUT2D eigenvalue weighted by molar-refractivity contribution is -0.119. The fourth-order valence-electron chi connectivity index (χ4n) is 2.81. The van der Waals surface area contributed by atoms with E-state index in [1.54, 1.807) is 6.92 Å². The molecule has 0 aliphatic heterocycles. The van der Waals surface area contributed by atoms with Crippen molar-refractivity contribution in [2.45, 2.75) is 33.7 Å². The summed E-state index contributed by atoms with van der Waals surface area (Å²) in [6.07, 6.45) is 2.23. The zero-order chi connectivity index (χ0) is 21.7. The molecule has 0 spiro atoms. The molecule has 3 rings (SSSR count). The number of rotatable bonds is 7. The summed E-state index contributed by atoms with van der Waals surface area (Å²) < 4.78 is 1.48. The molecular weight excluding hydrogens is 384 g/mol. The van der Waals surface area contributed by atoms with Crippen LogP contribution < -0.4 is 16.2 Å². The number of hydrogen-bond donors (Lipinski definition) is 3. The molecule has 0 aliphatic rings. The van der Waals surface area contributed by atoms with Crippen LogP contribution in [0, 0.1) is 12.8 Å². The van der Waals surface area contributed by atoms with Crippen LogP contribution in [-0.2, 0) is 11.3 Å². The van der Waals surface area contributed by atoms with Crippen molar-refractivity contribution in [3.8, 4) is 5.82 Å². The summed E-state index contributed by atoms with van der Waals surface area (Å²) in [4.78, 5) is 35.9. The van der Waals surface area contributed by atoms with Crippen LogP contribution in [0.5, 0.6) is 0 Å². The monoisotopic (exact) mass is 408 g/mol. The van der Waals surface area contributed by atoms with E-state index in [-0.39, 0.29) is 23.3 Å². The van der Waals surface area contributed by atoms with E-state index in [4.69, 9.17) is 0 Å². The minimum atomic E-state index is -0.316. The van der Waals surface area contributed by atoms with Gasteiger partial charge in [0.15, 0.2) is 5.82 Å². The normalized spacial score (nSPS) is 11.7. The van der Waals surface area contributed by atoms with Gasteiger partial charge in [0.05, 0.1) is 17.5 Å². The maximum absolute atomic E-state index is 12.6. The first kappa shape index (κ1) is 21.0. The number of hydrogen-bond acceptors (Lipinski definition) is 5. The summed E-state index contributed by atoms with van der Waals surface area (Å²) >= 11 is 0. The molecule has 0 aliphatic carbocycles. The Morgan fingerprint density at radius 2 is 2.03 bits per heavy atom. The summed E-state index contributed by atoms with van der Waals surface area (Å²) in [5, 5.41) is 16.2. The highest BCUT2D eigenvalue weighted by molar-refractivity contribution is 5.95. The maximum Gasteiger partial charge on any atom is 0.264 e. The van der Waals surface area contributed by atoms with Gasteiger partial charge in [0.25, 0.3) is 11.5 Å². The topological polar surface area (TPSA) is 122 Å². The molecule has 30 heavy (non-hydrogen) atoms. The van der Waals surface area contributed by atoms with Gasteiger partial charge in [-0.25, -0.2) is 9.78 Å². The first-order valence-corrected chi connectivity index (χ1v) is 9.67. The standard InChI is InChI=1S/C21H24N6O3/c1-4-13(2)20(29)24-16-7-5-6-15(10-16)11-22-21(30)17-12-23-27(14(17)3)18-8-9-19(28)26-25-18/h5-10,12-13H,4,11H2,1-3H3,(H,22,30)(H,24,29)(H,26,28). The van der Waals surface area contributed by atoms with Gasteiger partial charge < -0.3 is 10.6 Å². The second kappa shape index (κ2) is 9.17. The number of nitrogens with one attached hydrogen (secondary N) is 3. The number of nitrogens with zero attached hydrogens (tertiary/aromatic N) is 3. The molecule has 0 radical (unpaired) electrons. The predicted molar refractivity (Wildman–Crippen MR) is 112 cm³/mol. The molecule has 0 saturated heterocycles. The number of amides is 2. The molecule has 0 fully saturated rings. The average Bonchev–Trinajstić information content (AvgIpc) is 3.13. The van der Waals surface area contributed by atoms with E-state index in [0.717, 1.165) is 12.0 Å². The van der Waals surface area contributed by atoms with Gasteiger partial charge in [0.2, 0.25) is 5.91 Å². The molecule has 3 aromatic rings. The van der Waals surface area contributed by atoms with Crippen molar-refractivity contribution in [2.75, 3.05) is 5.32 Å². The molecule has 2 aromatic heterocycles. The second-order valence-electron chi connectivity index (χ2n) is 7.02. The van der Waals surface area contributed by atoms with Crippen molar-refractivity contribution in [3.63, 3.8) is 0 Å². The van der Waals surface area contributed by atoms with Crippen molar-refractivity contribution >= 4 is 17.5 Å². The Morgan fingerprint density at radius 1 is 1.23 bits per heavy atom. The summed E-state index contributed by atoms with van der Waals surface area (Å²) in [5.41, 5.74) is 2.24. The van der Waals surface area contributed by atoms with Crippen LogP contribution in [-0.4, -0.2) is 31.8 Å². The van der Waals surface area contributed by atoms with Crippen molar-refractivity contribution < 1.29 is 9.59 Å². The van der Waals surface area contributed by atoms with E-state index in [9.17, 15) is 14.4 Å². The smallest absolute Gasteiger partial charge is 0.264 e. The number of carbonyl (C=O) groups is 2. The molecular formula is C21H24N6O3. The third kappa shape index (κ3) is 4.80. The Balaban J connectivity index is 1.66. The van der Waals surface area contributed by atoms with Gasteiger partial charge in [0.1, 0.15) is 0 Å². The van der Waals surface area contributed by atoms with Gasteiger partial charge in [-0.1, -0.05) is 26.0 Å². The Hall–Kier alpha value is -3.75. The molecule has 1 atom stereocenters. The Kier molecular flexibility index (Phi) is 6.41. The number of H-pyrrole nitrogens is 1. The van der Waals surface area contributed by atoms with Gasteiger partial charge in [-0.3, -0.25) is 14.4 Å². The summed E-state index contributed by atoms with van der Waals surface area (Å²) in [6.45, 7) is 5.89. The lowest BCUT2D eigenvalue weighted by Gasteiger charge is -2.11. The van der Waals surface area contributed by atoms with Crippen LogP contribution in [0.25, 0.3) is 5.82 Å². The summed E-state index contributed by atoms with van der Waals surface area (Å²) in [7, 11) is 0. The minimum absolute atomic E-state index is 0.0300. The highest BCUT2D eigenvalue weighted by Crippen LogP contribution is 2.14. The van der Waals surface area contributed by atoms with E-state index in [0.29, 0.717) is 29.3 Å². The highest BCUT2D eigenvalue weighted by Gasteiger charge is 2.16. The lowest BCUT2D eigenvalue weighted by Crippen LogP contribution is -2.24. The van der Waals surface area contributed by atoms with Crippen molar-refractivity contribution in [1.29, 1.82) is 0 Å². The van der Waals surface area contributed by atoms with Crippen LogP contribution in [0.2, 0.25) is 0 Å². The number of aromatic amines is 1. The van der Waals surface area contributed by atoms with Gasteiger partial charge in [-0.05, 0) is 37.1 Å². The molecule has 2 amide bonds. The van der Waals surface area contributed by atoms with E-state index >= 15 is 0 Å². The van der Waals surface area contributed by atoms with E-state index in [2.05, 4.69) is 25.9 Å². The molecule has 2 heterocycles. The van der Waals surface area contributed by atoms with Crippen molar-refractivity contribution in [3.05, 3.63) is 69.8 Å². The molecule has 3 N–H and O–H groups in total. The predicted octanol–water partition coefficient (Wildman–Crippen LogP) is 2.18. The molecule has 1 aromatic carbocycles. The Morgan fingerprint density at radius 3 is 2.73 bits per heavy atom. The Labute approximate surface area is 173 Å². The van der Waals surface area contributed by atoms with Crippen molar-refractivity contribution in [1.82, 2.24) is 25.3 Å². The van der Waals surface area contributed by atoms with Crippen LogP contribution in [0.15, 0.2) is 47.4 Å². The van der Waals surface area contributed by atoms with E-state index < -0.39 is 0 Å². The first-order valence-electron chi connectivity index (χ1n) is 9.67.